The van der Waals surface area contributed by atoms with E-state index < -0.39 is 5.63 Å². The van der Waals surface area contributed by atoms with E-state index in [1.165, 1.54) is 23.2 Å². The van der Waals surface area contributed by atoms with Gasteiger partial charge in [-0.3, -0.25) is 4.98 Å². The number of hydrazine groups is 1. The Labute approximate surface area is 171 Å². The highest BCUT2D eigenvalue weighted by molar-refractivity contribution is 5.93. The lowest BCUT2D eigenvalue weighted by molar-refractivity contribution is 0.387. The summed E-state index contributed by atoms with van der Waals surface area (Å²) in [6.07, 6.45) is 3.25. The van der Waals surface area contributed by atoms with E-state index in [0.717, 1.165) is 16.5 Å². The van der Waals surface area contributed by atoms with Crippen LogP contribution in [0.5, 0.6) is 0 Å². The zero-order chi connectivity index (χ0) is 21.1. The summed E-state index contributed by atoms with van der Waals surface area (Å²) in [6.45, 7) is 0.341. The number of halogens is 1. The quantitative estimate of drug-likeness (QED) is 0.301. The molecule has 0 atom stereocenters. The van der Waals surface area contributed by atoms with Crippen molar-refractivity contribution in [1.82, 2.24) is 9.99 Å². The van der Waals surface area contributed by atoms with Gasteiger partial charge in [-0.1, -0.05) is 30.3 Å². The van der Waals surface area contributed by atoms with Gasteiger partial charge >= 0.3 is 5.63 Å². The molecule has 0 fully saturated rings. The van der Waals surface area contributed by atoms with Gasteiger partial charge in [-0.05, 0) is 47.0 Å². The fourth-order valence-electron chi connectivity index (χ4n) is 3.21. The molecule has 7 heteroatoms. The molecule has 6 nitrogen and oxygen atoms in total. The average molecular weight is 402 g/mol. The smallest absolute Gasteiger partial charge is 0.336 e. The van der Waals surface area contributed by atoms with Gasteiger partial charge in [0.15, 0.2) is 0 Å². The van der Waals surface area contributed by atoms with Gasteiger partial charge in [0.2, 0.25) is 0 Å². The molecule has 0 amide bonds. The van der Waals surface area contributed by atoms with Crippen LogP contribution in [0.25, 0.3) is 27.8 Å². The van der Waals surface area contributed by atoms with E-state index in [1.807, 2.05) is 18.2 Å². The first-order valence-corrected chi connectivity index (χ1v) is 9.22. The first-order valence-electron chi connectivity index (χ1n) is 9.22. The zero-order valence-electron chi connectivity index (χ0n) is 16.0. The van der Waals surface area contributed by atoms with Gasteiger partial charge in [0.25, 0.3) is 0 Å². The molecule has 2 aromatic carbocycles. The van der Waals surface area contributed by atoms with E-state index in [9.17, 15) is 9.18 Å². The Kier molecular flexibility index (Phi) is 5.28. The molecule has 0 bridgehead atoms. The van der Waals surface area contributed by atoms with Crippen LogP contribution in [0.3, 0.4) is 0 Å². The van der Waals surface area contributed by atoms with Crippen molar-refractivity contribution in [2.75, 3.05) is 0 Å². The maximum atomic E-state index is 13.3. The van der Waals surface area contributed by atoms with Crippen molar-refractivity contribution < 1.29 is 8.81 Å². The number of nitrogens with zero attached hydrogens (tertiary/aromatic N) is 2. The third-order valence-electron chi connectivity index (χ3n) is 4.59. The van der Waals surface area contributed by atoms with Crippen molar-refractivity contribution >= 4 is 16.7 Å². The van der Waals surface area contributed by atoms with Crippen molar-refractivity contribution in [3.8, 4) is 11.1 Å². The molecule has 150 valence electrons. The van der Waals surface area contributed by atoms with Crippen LogP contribution >= 0.6 is 0 Å². The van der Waals surface area contributed by atoms with Crippen molar-refractivity contribution in [3.05, 3.63) is 107 Å². The molecule has 4 rings (SSSR count). The van der Waals surface area contributed by atoms with Crippen molar-refractivity contribution in [1.29, 1.82) is 0 Å². The van der Waals surface area contributed by atoms with Crippen LogP contribution in [-0.2, 0) is 6.54 Å². The number of fused-ring (bicyclic) bond motifs is 1. The Bertz CT molecular complexity index is 1270. The third-order valence-corrected chi connectivity index (χ3v) is 4.59. The highest BCUT2D eigenvalue weighted by atomic mass is 19.1. The zero-order valence-corrected chi connectivity index (χ0v) is 16.0. The number of aromatic nitrogens is 1. The van der Waals surface area contributed by atoms with Gasteiger partial charge in [0.1, 0.15) is 11.4 Å². The predicted octanol–water partition coefficient (Wildman–Crippen LogP) is 3.63. The van der Waals surface area contributed by atoms with Crippen LogP contribution in [0.2, 0.25) is 0 Å². The predicted molar refractivity (Wildman–Crippen MR) is 114 cm³/mol. The summed E-state index contributed by atoms with van der Waals surface area (Å²) in [7, 11) is 0. The van der Waals surface area contributed by atoms with E-state index in [0.29, 0.717) is 29.1 Å². The molecular formula is C23H19FN4O2. The number of rotatable bonds is 5. The minimum absolute atomic E-state index is 0.339. The van der Waals surface area contributed by atoms with Gasteiger partial charge in [0.05, 0.1) is 17.9 Å². The van der Waals surface area contributed by atoms with Gasteiger partial charge in [-0.15, -0.1) is 0 Å². The number of pyridine rings is 1. The normalized spacial score (nSPS) is 11.6. The Morgan fingerprint density at radius 1 is 1.10 bits per heavy atom. The number of nitrogens with two attached hydrogens (primary N) is 2. The SMILES string of the molecule is N/C(=C\N(N)Cc1ccc2c(-c3ccc(F)cc3)cc(=O)oc2c1)c1ccccn1. The van der Waals surface area contributed by atoms with Gasteiger partial charge in [0, 0.05) is 23.8 Å². The Hall–Kier alpha value is -3.97. The molecule has 0 saturated carbocycles. The fraction of sp³-hybridized carbons (Fsp3) is 0.0435. The van der Waals surface area contributed by atoms with E-state index >= 15 is 0 Å². The summed E-state index contributed by atoms with van der Waals surface area (Å²) in [5.74, 6) is 5.74. The maximum Gasteiger partial charge on any atom is 0.336 e. The minimum Gasteiger partial charge on any atom is -0.423 e. The number of hydrogen-bond acceptors (Lipinski definition) is 6. The summed E-state index contributed by atoms with van der Waals surface area (Å²) >= 11 is 0. The van der Waals surface area contributed by atoms with Gasteiger partial charge in [-0.2, -0.15) is 0 Å². The second-order valence-corrected chi connectivity index (χ2v) is 6.79. The molecule has 2 heterocycles. The highest BCUT2D eigenvalue weighted by Gasteiger charge is 2.10. The van der Waals surface area contributed by atoms with Crippen molar-refractivity contribution in [2.45, 2.75) is 6.54 Å². The van der Waals surface area contributed by atoms with Gasteiger partial charge in [-0.25, -0.2) is 15.0 Å². The lowest BCUT2D eigenvalue weighted by Crippen LogP contribution is -2.25. The fourth-order valence-corrected chi connectivity index (χ4v) is 3.21. The van der Waals surface area contributed by atoms with Gasteiger partial charge < -0.3 is 15.2 Å². The molecule has 30 heavy (non-hydrogen) atoms. The molecule has 0 radical (unpaired) electrons. The second kappa shape index (κ2) is 8.18. The summed E-state index contributed by atoms with van der Waals surface area (Å²) in [6, 6.07) is 18.3. The molecule has 2 aromatic heterocycles. The molecule has 4 N–H and O–H groups in total. The van der Waals surface area contributed by atoms with Crippen LogP contribution < -0.4 is 17.2 Å². The topological polar surface area (TPSA) is 98.4 Å². The van der Waals surface area contributed by atoms with Crippen LogP contribution in [-0.4, -0.2) is 9.99 Å². The molecule has 0 spiro atoms. The van der Waals surface area contributed by atoms with E-state index in [2.05, 4.69) is 4.98 Å². The third kappa shape index (κ3) is 4.21. The molecule has 0 aliphatic carbocycles. The molecule has 0 unspecified atom stereocenters. The summed E-state index contributed by atoms with van der Waals surface area (Å²) in [5, 5.41) is 2.18. The summed E-state index contributed by atoms with van der Waals surface area (Å²) < 4.78 is 18.6. The van der Waals surface area contributed by atoms with Crippen molar-refractivity contribution in [3.63, 3.8) is 0 Å². The average Bonchev–Trinajstić information content (AvgIpc) is 2.74. The Balaban J connectivity index is 1.64. The molecule has 4 aromatic rings. The van der Waals surface area contributed by atoms with Crippen LogP contribution in [0.15, 0.2) is 88.3 Å². The summed E-state index contributed by atoms with van der Waals surface area (Å²) in [5.41, 5.74) is 9.28. The lowest BCUT2D eigenvalue weighted by atomic mass is 10.0. The van der Waals surface area contributed by atoms with E-state index in [4.69, 9.17) is 16.0 Å². The standard InChI is InChI=1S/C23H19FN4O2/c24-17-7-5-16(6-8-17)19-12-23(29)30-22-11-15(4-9-18(19)22)13-28(26)14-20(25)21-3-1-2-10-27-21/h1-12,14H,13,25-26H2/b20-14-. The summed E-state index contributed by atoms with van der Waals surface area (Å²) in [4.78, 5) is 16.3. The maximum absolute atomic E-state index is 13.3. The molecule has 0 aliphatic rings. The minimum atomic E-state index is -0.483. The van der Waals surface area contributed by atoms with E-state index in [1.54, 1.807) is 42.7 Å². The highest BCUT2D eigenvalue weighted by Crippen LogP contribution is 2.28. The Morgan fingerprint density at radius 2 is 1.90 bits per heavy atom. The Morgan fingerprint density at radius 3 is 2.63 bits per heavy atom. The lowest BCUT2D eigenvalue weighted by Gasteiger charge is -2.15. The van der Waals surface area contributed by atoms with E-state index in [-0.39, 0.29) is 5.82 Å². The molecule has 0 saturated heterocycles. The van der Waals surface area contributed by atoms with Crippen LogP contribution in [0, 0.1) is 5.82 Å². The largest absolute Gasteiger partial charge is 0.423 e. The number of hydrogen-bond donors (Lipinski definition) is 2. The van der Waals surface area contributed by atoms with Crippen LogP contribution in [0.1, 0.15) is 11.3 Å². The second-order valence-electron chi connectivity index (χ2n) is 6.79. The van der Waals surface area contributed by atoms with Crippen LogP contribution in [0.4, 0.5) is 4.39 Å². The monoisotopic (exact) mass is 402 g/mol. The first-order chi connectivity index (χ1) is 14.5. The first kappa shape index (κ1) is 19.4. The molecule has 0 aliphatic heterocycles. The molecular weight excluding hydrogens is 383 g/mol. The van der Waals surface area contributed by atoms with Crippen molar-refractivity contribution in [2.24, 2.45) is 11.6 Å². The number of benzene rings is 2.